The van der Waals surface area contributed by atoms with Crippen LogP contribution in [0.4, 0.5) is 19.0 Å². The lowest BCUT2D eigenvalue weighted by Crippen LogP contribution is -2.17. The van der Waals surface area contributed by atoms with Crippen LogP contribution in [0.15, 0.2) is 42.6 Å². The van der Waals surface area contributed by atoms with E-state index in [9.17, 15) is 18.3 Å². The third-order valence-corrected chi connectivity index (χ3v) is 2.95. The minimum atomic E-state index is -4.75. The van der Waals surface area contributed by atoms with E-state index in [1.807, 2.05) is 0 Å². The first-order valence-electron chi connectivity index (χ1n) is 6.23. The maximum absolute atomic E-state index is 12.0. The van der Waals surface area contributed by atoms with Gasteiger partial charge in [0.15, 0.2) is 0 Å². The van der Waals surface area contributed by atoms with Gasteiger partial charge in [-0.15, -0.1) is 13.2 Å². The van der Waals surface area contributed by atoms with Crippen LogP contribution in [0, 0.1) is 0 Å². The first kappa shape index (κ1) is 16.4. The van der Waals surface area contributed by atoms with Gasteiger partial charge < -0.3 is 15.2 Å². The molecule has 0 radical (unpaired) electrons. The average molecular weight is 333 g/mol. The van der Waals surface area contributed by atoms with Crippen LogP contribution in [0.2, 0.25) is 5.02 Å². The Kier molecular flexibility index (Phi) is 5.10. The number of aliphatic hydroxyl groups excluding tert-OH is 1. The molecule has 1 heterocycles. The van der Waals surface area contributed by atoms with Crippen LogP contribution >= 0.6 is 11.6 Å². The smallest absolute Gasteiger partial charge is 0.404 e. The van der Waals surface area contributed by atoms with Crippen molar-refractivity contribution in [1.29, 1.82) is 0 Å². The van der Waals surface area contributed by atoms with Crippen molar-refractivity contribution in [1.82, 2.24) is 4.98 Å². The number of nitrogens with one attached hydrogen (secondary N) is 1. The van der Waals surface area contributed by atoms with Gasteiger partial charge in [0.1, 0.15) is 11.6 Å². The van der Waals surface area contributed by atoms with E-state index in [0.717, 1.165) is 12.3 Å². The largest absolute Gasteiger partial charge is 0.573 e. The molecular formula is C14H12ClF3N2O2. The maximum atomic E-state index is 12.0. The predicted octanol–water partition coefficient (Wildman–Crippen LogP) is 3.78. The molecule has 22 heavy (non-hydrogen) atoms. The Morgan fingerprint density at radius 2 is 1.86 bits per heavy atom. The van der Waals surface area contributed by atoms with Crippen molar-refractivity contribution in [2.24, 2.45) is 0 Å². The molecule has 2 aromatic rings. The van der Waals surface area contributed by atoms with Gasteiger partial charge >= 0.3 is 6.36 Å². The molecule has 0 aliphatic carbocycles. The van der Waals surface area contributed by atoms with Gasteiger partial charge in [-0.25, -0.2) is 4.98 Å². The highest BCUT2D eigenvalue weighted by Crippen LogP contribution is 2.23. The first-order valence-corrected chi connectivity index (χ1v) is 6.60. The Hall–Kier alpha value is -1.99. The fourth-order valence-electron chi connectivity index (χ4n) is 1.68. The third kappa shape index (κ3) is 5.09. The molecule has 0 fully saturated rings. The summed E-state index contributed by atoms with van der Waals surface area (Å²) >= 11 is 5.75. The zero-order valence-corrected chi connectivity index (χ0v) is 11.9. The second kappa shape index (κ2) is 6.85. The molecule has 0 bridgehead atoms. The quantitative estimate of drug-likeness (QED) is 0.875. The first-order chi connectivity index (χ1) is 10.3. The summed E-state index contributed by atoms with van der Waals surface area (Å²) in [6.07, 6.45) is -4.60. The molecule has 1 unspecified atom stereocenters. The minimum Gasteiger partial charge on any atom is -0.404 e. The maximum Gasteiger partial charge on any atom is 0.573 e. The highest BCUT2D eigenvalue weighted by molar-refractivity contribution is 6.30. The number of aromatic nitrogens is 1. The average Bonchev–Trinajstić information content (AvgIpc) is 2.45. The number of benzene rings is 1. The van der Waals surface area contributed by atoms with E-state index in [-0.39, 0.29) is 6.54 Å². The number of ether oxygens (including phenoxy) is 1. The standard InChI is InChI=1S/C14H12ClF3N2O2/c15-10-3-1-9(2-4-10)12(21)8-20-13-6-5-11(7-19-13)22-14(16,17)18/h1-7,12,21H,8H2,(H,19,20). The van der Waals surface area contributed by atoms with Gasteiger partial charge in [-0.1, -0.05) is 23.7 Å². The van der Waals surface area contributed by atoms with E-state index in [1.54, 1.807) is 24.3 Å². The van der Waals surface area contributed by atoms with Crippen molar-refractivity contribution in [3.8, 4) is 5.75 Å². The van der Waals surface area contributed by atoms with E-state index in [2.05, 4.69) is 15.0 Å². The molecule has 1 aromatic heterocycles. The number of aliphatic hydroxyl groups is 1. The lowest BCUT2D eigenvalue weighted by atomic mass is 10.1. The summed E-state index contributed by atoms with van der Waals surface area (Å²) in [7, 11) is 0. The summed E-state index contributed by atoms with van der Waals surface area (Å²) in [6.45, 7) is 0.147. The lowest BCUT2D eigenvalue weighted by molar-refractivity contribution is -0.274. The van der Waals surface area contributed by atoms with E-state index in [4.69, 9.17) is 11.6 Å². The second-order valence-electron chi connectivity index (χ2n) is 4.38. The Morgan fingerprint density at radius 3 is 2.41 bits per heavy atom. The Labute approximate surface area is 129 Å². The predicted molar refractivity (Wildman–Crippen MR) is 75.8 cm³/mol. The van der Waals surface area contributed by atoms with Crippen molar-refractivity contribution in [2.45, 2.75) is 12.5 Å². The van der Waals surface area contributed by atoms with Gasteiger partial charge in [-0.05, 0) is 29.8 Å². The summed E-state index contributed by atoms with van der Waals surface area (Å²) in [4.78, 5) is 3.77. The number of nitrogens with zero attached hydrogens (tertiary/aromatic N) is 1. The van der Waals surface area contributed by atoms with Crippen LogP contribution in [0.5, 0.6) is 5.75 Å². The number of anilines is 1. The van der Waals surface area contributed by atoms with Crippen molar-refractivity contribution >= 4 is 17.4 Å². The zero-order chi connectivity index (χ0) is 16.2. The monoisotopic (exact) mass is 332 g/mol. The molecule has 2 N–H and O–H groups in total. The number of alkyl halides is 3. The fourth-order valence-corrected chi connectivity index (χ4v) is 1.81. The Morgan fingerprint density at radius 1 is 1.18 bits per heavy atom. The fraction of sp³-hybridized carbons (Fsp3) is 0.214. The molecule has 0 saturated heterocycles. The summed E-state index contributed by atoms with van der Waals surface area (Å²) in [6, 6.07) is 9.14. The van der Waals surface area contributed by atoms with Crippen molar-refractivity contribution in [2.75, 3.05) is 11.9 Å². The number of hydrogen-bond acceptors (Lipinski definition) is 4. The number of pyridine rings is 1. The number of rotatable bonds is 5. The van der Waals surface area contributed by atoms with Crippen LogP contribution in [0.25, 0.3) is 0 Å². The molecule has 1 aromatic carbocycles. The van der Waals surface area contributed by atoms with E-state index in [1.165, 1.54) is 6.07 Å². The molecule has 8 heteroatoms. The van der Waals surface area contributed by atoms with Crippen LogP contribution in [-0.2, 0) is 0 Å². The topological polar surface area (TPSA) is 54.4 Å². The highest BCUT2D eigenvalue weighted by Gasteiger charge is 2.31. The Balaban J connectivity index is 1.90. The summed E-state index contributed by atoms with van der Waals surface area (Å²) in [5, 5.41) is 13.4. The molecular weight excluding hydrogens is 321 g/mol. The summed E-state index contributed by atoms with van der Waals surface area (Å²) in [5.74, 6) is -0.0844. The van der Waals surface area contributed by atoms with E-state index >= 15 is 0 Å². The molecule has 2 rings (SSSR count). The van der Waals surface area contributed by atoms with Gasteiger partial charge in [0.2, 0.25) is 0 Å². The number of hydrogen-bond donors (Lipinski definition) is 2. The molecule has 0 spiro atoms. The van der Waals surface area contributed by atoms with Gasteiger partial charge in [0.25, 0.3) is 0 Å². The molecule has 0 saturated carbocycles. The highest BCUT2D eigenvalue weighted by atomic mass is 35.5. The molecule has 1 atom stereocenters. The Bertz CT molecular complexity index is 603. The normalized spacial score (nSPS) is 12.8. The number of halogens is 4. The van der Waals surface area contributed by atoms with Gasteiger partial charge in [-0.2, -0.15) is 0 Å². The second-order valence-corrected chi connectivity index (χ2v) is 4.81. The van der Waals surface area contributed by atoms with Crippen molar-refractivity contribution < 1.29 is 23.0 Å². The lowest BCUT2D eigenvalue weighted by Gasteiger charge is -2.13. The molecule has 4 nitrogen and oxygen atoms in total. The van der Waals surface area contributed by atoms with Gasteiger partial charge in [0.05, 0.1) is 12.3 Å². The van der Waals surface area contributed by atoms with Crippen molar-refractivity contribution in [3.05, 3.63) is 53.2 Å². The zero-order valence-electron chi connectivity index (χ0n) is 11.1. The minimum absolute atomic E-state index is 0.147. The van der Waals surface area contributed by atoms with Gasteiger partial charge in [0, 0.05) is 11.6 Å². The van der Waals surface area contributed by atoms with Crippen LogP contribution < -0.4 is 10.1 Å². The SMILES string of the molecule is OC(CNc1ccc(OC(F)(F)F)cn1)c1ccc(Cl)cc1. The van der Waals surface area contributed by atoms with E-state index < -0.39 is 18.2 Å². The molecule has 0 amide bonds. The van der Waals surface area contributed by atoms with Gasteiger partial charge in [-0.3, -0.25) is 0 Å². The molecule has 118 valence electrons. The molecule has 0 aliphatic heterocycles. The van der Waals surface area contributed by atoms with Crippen LogP contribution in [-0.4, -0.2) is 23.0 Å². The third-order valence-electron chi connectivity index (χ3n) is 2.70. The van der Waals surface area contributed by atoms with Crippen LogP contribution in [0.1, 0.15) is 11.7 Å². The van der Waals surface area contributed by atoms with E-state index in [0.29, 0.717) is 16.4 Å². The molecule has 0 aliphatic rings. The summed E-state index contributed by atoms with van der Waals surface area (Å²) in [5.41, 5.74) is 0.661. The van der Waals surface area contributed by atoms with Crippen LogP contribution in [0.3, 0.4) is 0 Å². The van der Waals surface area contributed by atoms with Crippen molar-refractivity contribution in [3.63, 3.8) is 0 Å². The summed E-state index contributed by atoms with van der Waals surface area (Å²) < 4.78 is 39.7.